The molecule has 5 nitrogen and oxygen atoms in total. The number of nitrogens with zero attached hydrogens (tertiary/aromatic N) is 4. The van der Waals surface area contributed by atoms with E-state index in [4.69, 9.17) is 5.73 Å². The summed E-state index contributed by atoms with van der Waals surface area (Å²) in [4.78, 5) is 0. The van der Waals surface area contributed by atoms with Crippen LogP contribution < -0.4 is 5.73 Å². The Hall–Kier alpha value is -0.970. The maximum absolute atomic E-state index is 5.67. The smallest absolute Gasteiger partial charge is 0.167 e. The molecule has 0 aliphatic carbocycles. The minimum atomic E-state index is -0.0862. The van der Waals surface area contributed by atoms with Gasteiger partial charge in [-0.2, -0.15) is 0 Å². The fourth-order valence-corrected chi connectivity index (χ4v) is 1.00. The highest BCUT2D eigenvalue weighted by molar-refractivity contribution is 4.86. The molecule has 0 bridgehead atoms. The van der Waals surface area contributed by atoms with Gasteiger partial charge in [-0.1, -0.05) is 13.3 Å². The summed E-state index contributed by atoms with van der Waals surface area (Å²) in [5, 5.41) is 11.3. The summed E-state index contributed by atoms with van der Waals surface area (Å²) in [7, 11) is 0. The van der Waals surface area contributed by atoms with Gasteiger partial charge in [-0.15, -0.1) is 5.10 Å². The van der Waals surface area contributed by atoms with Crippen molar-refractivity contribution in [3.63, 3.8) is 0 Å². The van der Waals surface area contributed by atoms with E-state index in [1.54, 1.807) is 4.68 Å². The third-order valence-electron chi connectivity index (χ3n) is 1.69. The fourth-order valence-electron chi connectivity index (χ4n) is 1.00. The molecule has 5 heteroatoms. The first-order valence-electron chi connectivity index (χ1n) is 4.27. The first kappa shape index (κ1) is 9.12. The van der Waals surface area contributed by atoms with Gasteiger partial charge >= 0.3 is 0 Å². The average Bonchev–Trinajstić information content (AvgIpc) is 2.48. The third-order valence-corrected chi connectivity index (χ3v) is 1.69. The van der Waals surface area contributed by atoms with Crippen molar-refractivity contribution in [3.05, 3.63) is 5.82 Å². The molecule has 12 heavy (non-hydrogen) atoms. The zero-order chi connectivity index (χ0) is 8.97. The maximum Gasteiger partial charge on any atom is 0.167 e. The van der Waals surface area contributed by atoms with Gasteiger partial charge in [0.05, 0.1) is 6.04 Å². The Morgan fingerprint density at radius 3 is 2.92 bits per heavy atom. The lowest BCUT2D eigenvalue weighted by Crippen LogP contribution is -2.14. The van der Waals surface area contributed by atoms with Gasteiger partial charge in [0.15, 0.2) is 5.82 Å². The van der Waals surface area contributed by atoms with Crippen LogP contribution in [0.25, 0.3) is 0 Å². The Morgan fingerprint density at radius 2 is 2.33 bits per heavy atom. The van der Waals surface area contributed by atoms with Crippen LogP contribution in [0, 0.1) is 0 Å². The number of aryl methyl sites for hydroxylation is 1. The van der Waals surface area contributed by atoms with Crippen LogP contribution >= 0.6 is 0 Å². The van der Waals surface area contributed by atoms with Crippen LogP contribution in [-0.2, 0) is 6.54 Å². The monoisotopic (exact) mass is 169 g/mol. The minimum Gasteiger partial charge on any atom is -0.322 e. The normalized spacial score (nSPS) is 13.2. The van der Waals surface area contributed by atoms with E-state index in [-0.39, 0.29) is 6.04 Å². The average molecular weight is 169 g/mol. The Labute approximate surface area is 71.9 Å². The molecule has 0 aromatic carbocycles. The van der Waals surface area contributed by atoms with E-state index in [9.17, 15) is 0 Å². The van der Waals surface area contributed by atoms with Crippen LogP contribution in [0.4, 0.5) is 0 Å². The molecule has 1 aromatic rings. The Bertz CT molecular complexity index is 229. The Kier molecular flexibility index (Phi) is 3.16. The van der Waals surface area contributed by atoms with Gasteiger partial charge in [0.25, 0.3) is 0 Å². The van der Waals surface area contributed by atoms with E-state index in [1.165, 1.54) is 0 Å². The lowest BCUT2D eigenvalue weighted by Gasteiger charge is -2.05. The summed E-state index contributed by atoms with van der Waals surface area (Å²) in [5.41, 5.74) is 5.67. The van der Waals surface area contributed by atoms with Crippen molar-refractivity contribution < 1.29 is 0 Å². The van der Waals surface area contributed by atoms with Crippen LogP contribution in [0.5, 0.6) is 0 Å². The van der Waals surface area contributed by atoms with Crippen molar-refractivity contribution in [3.8, 4) is 0 Å². The second kappa shape index (κ2) is 4.15. The van der Waals surface area contributed by atoms with Crippen LogP contribution in [0.3, 0.4) is 0 Å². The van der Waals surface area contributed by atoms with Crippen LogP contribution in [0.1, 0.15) is 38.6 Å². The van der Waals surface area contributed by atoms with Crippen molar-refractivity contribution in [2.75, 3.05) is 0 Å². The number of hydrogen-bond donors (Lipinski definition) is 1. The molecule has 0 fully saturated rings. The van der Waals surface area contributed by atoms with Gasteiger partial charge < -0.3 is 5.73 Å². The second-order valence-corrected chi connectivity index (χ2v) is 2.90. The Balaban J connectivity index is 2.64. The molecule has 1 atom stereocenters. The molecule has 0 spiro atoms. The first-order chi connectivity index (χ1) is 5.75. The van der Waals surface area contributed by atoms with E-state index >= 15 is 0 Å². The number of tetrazole rings is 1. The largest absolute Gasteiger partial charge is 0.322 e. The zero-order valence-electron chi connectivity index (χ0n) is 7.56. The van der Waals surface area contributed by atoms with Gasteiger partial charge in [-0.05, 0) is 23.8 Å². The SMILES string of the molecule is CCCCn1nnnc1C(C)N. The van der Waals surface area contributed by atoms with E-state index in [0.717, 1.165) is 25.2 Å². The summed E-state index contributed by atoms with van der Waals surface area (Å²) < 4.78 is 1.77. The standard InChI is InChI=1S/C7H15N5/c1-3-4-5-12-7(6(2)8)9-10-11-12/h6H,3-5,8H2,1-2H3. The molecule has 0 radical (unpaired) electrons. The number of hydrogen-bond acceptors (Lipinski definition) is 4. The molecular formula is C7H15N5. The fraction of sp³-hybridized carbons (Fsp3) is 0.857. The molecule has 1 unspecified atom stereocenters. The van der Waals surface area contributed by atoms with E-state index < -0.39 is 0 Å². The van der Waals surface area contributed by atoms with Crippen molar-refractivity contribution in [1.29, 1.82) is 0 Å². The van der Waals surface area contributed by atoms with Crippen molar-refractivity contribution in [2.24, 2.45) is 5.73 Å². The Morgan fingerprint density at radius 1 is 1.58 bits per heavy atom. The molecule has 1 aromatic heterocycles. The van der Waals surface area contributed by atoms with Gasteiger partial charge in [0, 0.05) is 6.54 Å². The number of nitrogens with two attached hydrogens (primary N) is 1. The van der Waals surface area contributed by atoms with Gasteiger partial charge in [0.1, 0.15) is 0 Å². The third kappa shape index (κ3) is 2.01. The highest BCUT2D eigenvalue weighted by Crippen LogP contribution is 2.04. The molecule has 2 N–H and O–H groups in total. The number of rotatable bonds is 4. The lowest BCUT2D eigenvalue weighted by atomic mass is 10.3. The molecule has 1 heterocycles. The summed E-state index contributed by atoms with van der Waals surface area (Å²) in [5.74, 6) is 0.767. The molecule has 1 rings (SSSR count). The number of aromatic nitrogens is 4. The second-order valence-electron chi connectivity index (χ2n) is 2.90. The maximum atomic E-state index is 5.67. The lowest BCUT2D eigenvalue weighted by molar-refractivity contribution is 0.517. The molecule has 0 saturated heterocycles. The summed E-state index contributed by atoms with van der Waals surface area (Å²) in [6.07, 6.45) is 2.23. The van der Waals surface area contributed by atoms with Crippen molar-refractivity contribution >= 4 is 0 Å². The van der Waals surface area contributed by atoms with E-state index in [1.807, 2.05) is 6.92 Å². The molecule has 0 aliphatic rings. The van der Waals surface area contributed by atoms with Crippen molar-refractivity contribution in [2.45, 2.75) is 39.3 Å². The predicted octanol–water partition coefficient (Wildman–Crippen LogP) is 0.493. The topological polar surface area (TPSA) is 69.6 Å². The highest BCUT2D eigenvalue weighted by Gasteiger charge is 2.08. The molecule has 0 saturated carbocycles. The van der Waals surface area contributed by atoms with Crippen molar-refractivity contribution in [1.82, 2.24) is 20.2 Å². The van der Waals surface area contributed by atoms with Gasteiger partial charge in [-0.25, -0.2) is 4.68 Å². The first-order valence-corrected chi connectivity index (χ1v) is 4.27. The summed E-state index contributed by atoms with van der Waals surface area (Å²) in [6.45, 7) is 4.88. The molecule has 68 valence electrons. The summed E-state index contributed by atoms with van der Waals surface area (Å²) in [6, 6.07) is -0.0862. The molecule has 0 aliphatic heterocycles. The number of unbranched alkanes of at least 4 members (excludes halogenated alkanes) is 1. The zero-order valence-corrected chi connectivity index (χ0v) is 7.56. The predicted molar refractivity (Wildman–Crippen MR) is 45.3 cm³/mol. The van der Waals surface area contributed by atoms with Crippen LogP contribution in [0.15, 0.2) is 0 Å². The highest BCUT2D eigenvalue weighted by atomic mass is 15.5. The van der Waals surface area contributed by atoms with Gasteiger partial charge in [-0.3, -0.25) is 0 Å². The minimum absolute atomic E-state index is 0.0862. The van der Waals surface area contributed by atoms with E-state index in [2.05, 4.69) is 22.4 Å². The van der Waals surface area contributed by atoms with E-state index in [0.29, 0.717) is 0 Å². The summed E-state index contributed by atoms with van der Waals surface area (Å²) >= 11 is 0. The quantitative estimate of drug-likeness (QED) is 0.712. The molecule has 0 amide bonds. The molecular weight excluding hydrogens is 154 g/mol. The van der Waals surface area contributed by atoms with Crippen LogP contribution in [0.2, 0.25) is 0 Å². The van der Waals surface area contributed by atoms with Crippen LogP contribution in [-0.4, -0.2) is 20.2 Å². The van der Waals surface area contributed by atoms with Gasteiger partial charge in [0.2, 0.25) is 0 Å².